The van der Waals surface area contributed by atoms with Crippen molar-refractivity contribution in [2.24, 2.45) is 12.8 Å². The first-order valence-corrected chi connectivity index (χ1v) is 6.48. The lowest BCUT2D eigenvalue weighted by atomic mass is 10.3. The molecule has 0 aromatic carbocycles. The highest BCUT2D eigenvalue weighted by Gasteiger charge is 2.16. The molecule has 0 saturated carbocycles. The van der Waals surface area contributed by atoms with Gasteiger partial charge in [0.05, 0.1) is 11.4 Å². The largest absolute Gasteiger partial charge is 0.329 e. The lowest BCUT2D eigenvalue weighted by Gasteiger charge is -2.08. The summed E-state index contributed by atoms with van der Waals surface area (Å²) in [6, 6.07) is 0. The Hall–Kier alpha value is -0.390. The Morgan fingerprint density at radius 3 is 2.67 bits per heavy atom. The Kier molecular flexibility index (Phi) is 4.31. The summed E-state index contributed by atoms with van der Waals surface area (Å²) in [4.78, 5) is 0. The minimum atomic E-state index is -0.986. The molecule has 1 heterocycles. The highest BCUT2D eigenvalue weighted by atomic mass is 35.5. The predicted octanol–water partition coefficient (Wildman–Crippen LogP) is 0.978. The molecule has 15 heavy (non-hydrogen) atoms. The van der Waals surface area contributed by atoms with Gasteiger partial charge in [-0.05, 0) is 13.8 Å². The normalized spacial score (nSPS) is 15.3. The third-order valence-electron chi connectivity index (χ3n) is 2.34. The maximum absolute atomic E-state index is 11.8. The van der Waals surface area contributed by atoms with E-state index in [0.29, 0.717) is 17.5 Å². The molecule has 0 bridgehead atoms. The van der Waals surface area contributed by atoms with E-state index in [9.17, 15) is 4.21 Å². The van der Waals surface area contributed by atoms with Crippen molar-refractivity contribution < 1.29 is 4.21 Å². The van der Waals surface area contributed by atoms with E-state index in [1.165, 1.54) is 0 Å². The van der Waals surface area contributed by atoms with Crippen molar-refractivity contribution in [3.8, 4) is 0 Å². The third kappa shape index (κ3) is 2.80. The van der Waals surface area contributed by atoms with Gasteiger partial charge in [-0.3, -0.25) is 8.89 Å². The maximum atomic E-state index is 11.8. The number of halogens is 1. The van der Waals surface area contributed by atoms with Crippen LogP contribution in [0.15, 0.2) is 0 Å². The summed E-state index contributed by atoms with van der Waals surface area (Å²) < 4.78 is 13.4. The van der Waals surface area contributed by atoms with Gasteiger partial charge in [0.2, 0.25) is 0 Å². The van der Waals surface area contributed by atoms with Gasteiger partial charge in [0.25, 0.3) is 0 Å². The fraction of sp³-hybridized carbons (Fsp3) is 0.667. The highest BCUT2D eigenvalue weighted by molar-refractivity contribution is 7.84. The van der Waals surface area contributed by atoms with E-state index < -0.39 is 10.8 Å². The Morgan fingerprint density at radius 2 is 2.27 bits per heavy atom. The molecule has 0 aliphatic rings. The van der Waals surface area contributed by atoms with E-state index in [0.717, 1.165) is 11.3 Å². The Labute approximate surface area is 97.2 Å². The maximum Gasteiger partial charge on any atom is 0.131 e. The summed E-state index contributed by atoms with van der Waals surface area (Å²) >= 11 is 6.04. The van der Waals surface area contributed by atoms with Crippen molar-refractivity contribution in [2.75, 3.05) is 6.54 Å². The number of nitrogens with zero attached hydrogens (tertiary/aromatic N) is 2. The van der Waals surface area contributed by atoms with Crippen LogP contribution in [0, 0.1) is 6.92 Å². The first kappa shape index (κ1) is 12.7. The molecule has 1 aromatic heterocycles. The minimum absolute atomic E-state index is 0.0133. The molecule has 0 saturated heterocycles. The van der Waals surface area contributed by atoms with Crippen LogP contribution in [0.3, 0.4) is 0 Å². The highest BCUT2D eigenvalue weighted by Crippen LogP contribution is 2.21. The van der Waals surface area contributed by atoms with Crippen molar-refractivity contribution >= 4 is 22.4 Å². The summed E-state index contributed by atoms with van der Waals surface area (Å²) in [6.07, 6.45) is 0. The van der Waals surface area contributed by atoms with Crippen molar-refractivity contribution in [2.45, 2.75) is 24.9 Å². The Morgan fingerprint density at radius 1 is 1.67 bits per heavy atom. The number of nitrogens with two attached hydrogens (primary N) is 1. The second-order valence-electron chi connectivity index (χ2n) is 3.55. The molecular formula is C9H16ClN3OS. The molecular weight excluding hydrogens is 234 g/mol. The zero-order valence-corrected chi connectivity index (χ0v) is 10.7. The lowest BCUT2D eigenvalue weighted by Crippen LogP contribution is -2.22. The standard InChI is InChI=1S/C9H16ClN3OS/c1-6(4-11)15(14)5-8-7(2)12-13(3)9(8)10/h6H,4-5,11H2,1-3H3. The molecule has 0 aliphatic carbocycles. The topological polar surface area (TPSA) is 60.9 Å². The molecule has 0 fully saturated rings. The Balaban J connectivity index is 2.85. The van der Waals surface area contributed by atoms with Crippen LogP contribution in [0.25, 0.3) is 0 Å². The second kappa shape index (κ2) is 5.09. The van der Waals surface area contributed by atoms with Crippen LogP contribution in [-0.2, 0) is 23.6 Å². The van der Waals surface area contributed by atoms with Gasteiger partial charge in [-0.25, -0.2) is 0 Å². The molecule has 1 rings (SSSR count). The van der Waals surface area contributed by atoms with Gasteiger partial charge in [-0.1, -0.05) is 11.6 Å². The molecule has 0 amide bonds. The van der Waals surface area contributed by atoms with Crippen LogP contribution < -0.4 is 5.73 Å². The predicted molar refractivity (Wildman–Crippen MR) is 63.3 cm³/mol. The molecule has 0 spiro atoms. The van der Waals surface area contributed by atoms with E-state index in [-0.39, 0.29) is 5.25 Å². The van der Waals surface area contributed by atoms with Gasteiger partial charge < -0.3 is 5.73 Å². The van der Waals surface area contributed by atoms with E-state index in [1.54, 1.807) is 11.7 Å². The van der Waals surface area contributed by atoms with Crippen LogP contribution in [0.5, 0.6) is 0 Å². The fourth-order valence-electron chi connectivity index (χ4n) is 1.23. The van der Waals surface area contributed by atoms with Gasteiger partial charge in [0.1, 0.15) is 5.15 Å². The zero-order chi connectivity index (χ0) is 11.6. The van der Waals surface area contributed by atoms with E-state index in [2.05, 4.69) is 5.10 Å². The van der Waals surface area contributed by atoms with E-state index in [4.69, 9.17) is 17.3 Å². The first-order valence-electron chi connectivity index (χ1n) is 4.72. The van der Waals surface area contributed by atoms with Crippen molar-refractivity contribution in [1.82, 2.24) is 9.78 Å². The van der Waals surface area contributed by atoms with Crippen LogP contribution in [-0.4, -0.2) is 25.8 Å². The van der Waals surface area contributed by atoms with Crippen LogP contribution in [0.1, 0.15) is 18.2 Å². The minimum Gasteiger partial charge on any atom is -0.329 e. The molecule has 2 atom stereocenters. The smallest absolute Gasteiger partial charge is 0.131 e. The Bertz CT molecular complexity index is 378. The van der Waals surface area contributed by atoms with Gasteiger partial charge in [-0.15, -0.1) is 0 Å². The number of aryl methyl sites for hydroxylation is 2. The number of aromatic nitrogens is 2. The fourth-order valence-corrected chi connectivity index (χ4v) is 2.68. The van der Waals surface area contributed by atoms with E-state index in [1.807, 2.05) is 13.8 Å². The zero-order valence-electron chi connectivity index (χ0n) is 9.16. The van der Waals surface area contributed by atoms with Crippen molar-refractivity contribution in [3.05, 3.63) is 16.4 Å². The molecule has 0 aliphatic heterocycles. The van der Waals surface area contributed by atoms with Crippen molar-refractivity contribution in [3.63, 3.8) is 0 Å². The van der Waals surface area contributed by atoms with Gasteiger partial charge in [0.15, 0.2) is 0 Å². The SMILES string of the molecule is Cc1nn(C)c(Cl)c1CS(=O)C(C)CN. The van der Waals surface area contributed by atoms with Crippen LogP contribution >= 0.6 is 11.6 Å². The number of rotatable bonds is 4. The molecule has 1 aromatic rings. The average Bonchev–Trinajstić information content (AvgIpc) is 2.43. The second-order valence-corrected chi connectivity index (χ2v) is 5.76. The molecule has 86 valence electrons. The van der Waals surface area contributed by atoms with Crippen LogP contribution in [0.2, 0.25) is 5.15 Å². The molecule has 2 unspecified atom stereocenters. The van der Waals surface area contributed by atoms with E-state index >= 15 is 0 Å². The average molecular weight is 250 g/mol. The molecule has 6 heteroatoms. The van der Waals surface area contributed by atoms with Gasteiger partial charge in [0, 0.05) is 35.2 Å². The first-order chi connectivity index (χ1) is 6.97. The quantitative estimate of drug-likeness (QED) is 0.865. The van der Waals surface area contributed by atoms with Gasteiger partial charge in [-0.2, -0.15) is 5.10 Å². The number of hydrogen-bond acceptors (Lipinski definition) is 3. The lowest BCUT2D eigenvalue weighted by molar-refractivity contribution is 0.672. The third-order valence-corrected chi connectivity index (χ3v) is 4.47. The monoisotopic (exact) mass is 249 g/mol. The summed E-state index contributed by atoms with van der Waals surface area (Å²) in [5.41, 5.74) is 7.15. The molecule has 4 nitrogen and oxygen atoms in total. The summed E-state index contributed by atoms with van der Waals surface area (Å²) in [5.74, 6) is 0.427. The molecule has 0 radical (unpaired) electrons. The summed E-state index contributed by atoms with van der Waals surface area (Å²) in [5, 5.41) is 4.71. The van der Waals surface area contributed by atoms with Gasteiger partial charge >= 0.3 is 0 Å². The number of hydrogen-bond donors (Lipinski definition) is 1. The summed E-state index contributed by atoms with van der Waals surface area (Å²) in [7, 11) is 0.786. The van der Waals surface area contributed by atoms with Crippen LogP contribution in [0.4, 0.5) is 0 Å². The summed E-state index contributed by atoms with van der Waals surface area (Å²) in [6.45, 7) is 4.16. The van der Waals surface area contributed by atoms with Crippen molar-refractivity contribution in [1.29, 1.82) is 0 Å². The molecule has 2 N–H and O–H groups in total.